The van der Waals surface area contributed by atoms with Crippen LogP contribution in [0.5, 0.6) is 0 Å². The lowest BCUT2D eigenvalue weighted by molar-refractivity contribution is -0.136. The average molecular weight is 319 g/mol. The second-order valence-electron chi connectivity index (χ2n) is 9.49. The lowest BCUT2D eigenvalue weighted by atomic mass is 9.49. The van der Waals surface area contributed by atoms with Crippen LogP contribution in [0.2, 0.25) is 0 Å². The zero-order valence-corrected chi connectivity index (χ0v) is 14.9. The summed E-state index contributed by atoms with van der Waals surface area (Å²) < 4.78 is 0. The molecule has 0 aliphatic heterocycles. The Labute approximate surface area is 141 Å². The predicted molar refractivity (Wildman–Crippen MR) is 92.0 cm³/mol. The van der Waals surface area contributed by atoms with E-state index in [0.717, 1.165) is 32.1 Å². The Kier molecular flexibility index (Phi) is 4.11. The van der Waals surface area contributed by atoms with Crippen molar-refractivity contribution < 1.29 is 9.90 Å². The molecule has 2 nitrogen and oxygen atoms in total. The molecule has 0 amide bonds. The van der Waals surface area contributed by atoms with Gasteiger partial charge in [-0.3, -0.25) is 4.79 Å². The van der Waals surface area contributed by atoms with Crippen LogP contribution in [-0.2, 0) is 4.79 Å². The maximum atomic E-state index is 12.4. The van der Waals surface area contributed by atoms with Gasteiger partial charge in [-0.1, -0.05) is 32.6 Å². The van der Waals surface area contributed by atoms with Gasteiger partial charge in [0.05, 0.1) is 6.10 Å². The number of aliphatic hydroxyl groups excluding tert-OH is 1. The molecular formula is C21H34O2. The van der Waals surface area contributed by atoms with Gasteiger partial charge in [-0.15, -0.1) is 0 Å². The maximum absolute atomic E-state index is 12.4. The molecule has 0 aromatic heterocycles. The van der Waals surface area contributed by atoms with Gasteiger partial charge in [0, 0.05) is 12.8 Å². The number of carbonyl (C=O) groups is 1. The molecule has 2 spiro atoms. The van der Waals surface area contributed by atoms with E-state index >= 15 is 0 Å². The van der Waals surface area contributed by atoms with Crippen LogP contribution in [0.3, 0.4) is 0 Å². The highest BCUT2D eigenvalue weighted by Crippen LogP contribution is 2.64. The van der Waals surface area contributed by atoms with E-state index in [9.17, 15) is 9.90 Å². The SMILES string of the molecule is CC1CC(O)C[C@@H](C2CC(=O)CCC23CCCC3)C12CCCC2. The Bertz CT molecular complexity index is 456. The van der Waals surface area contributed by atoms with Crippen molar-refractivity contribution in [3.05, 3.63) is 0 Å². The average Bonchev–Trinajstić information content (AvgIpc) is 3.17. The Morgan fingerprint density at radius 3 is 2.26 bits per heavy atom. The highest BCUT2D eigenvalue weighted by atomic mass is 16.3. The third-order valence-electron chi connectivity index (χ3n) is 8.63. The standard InChI is InChI=1S/C21H34O2/c1-15-12-17(23)14-19(21(15)9-4-5-10-21)18-13-16(22)6-11-20(18)7-2-3-8-20/h15,17-19,23H,2-14H2,1H3/t15?,17?,18?,19-/m0/s1. The van der Waals surface area contributed by atoms with E-state index in [-0.39, 0.29) is 6.10 Å². The van der Waals surface area contributed by atoms with Crippen LogP contribution >= 0.6 is 0 Å². The van der Waals surface area contributed by atoms with E-state index in [1.165, 1.54) is 51.4 Å². The van der Waals surface area contributed by atoms with Crippen LogP contribution < -0.4 is 0 Å². The Morgan fingerprint density at radius 2 is 1.57 bits per heavy atom. The van der Waals surface area contributed by atoms with Crippen molar-refractivity contribution in [2.75, 3.05) is 0 Å². The zero-order valence-electron chi connectivity index (χ0n) is 14.9. The predicted octanol–water partition coefficient (Wildman–Crippen LogP) is 4.88. The van der Waals surface area contributed by atoms with E-state index in [1.54, 1.807) is 0 Å². The molecule has 0 aromatic carbocycles. The van der Waals surface area contributed by atoms with Gasteiger partial charge in [0.1, 0.15) is 5.78 Å². The normalized spacial score (nSPS) is 42.6. The van der Waals surface area contributed by atoms with Crippen LogP contribution in [-0.4, -0.2) is 17.0 Å². The summed E-state index contributed by atoms with van der Waals surface area (Å²) in [5, 5.41) is 10.5. The summed E-state index contributed by atoms with van der Waals surface area (Å²) in [5.74, 6) is 2.32. The fraction of sp³-hybridized carbons (Fsp3) is 0.952. The highest BCUT2D eigenvalue weighted by Gasteiger charge is 2.57. The third kappa shape index (κ3) is 2.51. The number of hydrogen-bond acceptors (Lipinski definition) is 2. The van der Waals surface area contributed by atoms with E-state index in [0.29, 0.717) is 34.4 Å². The van der Waals surface area contributed by atoms with Gasteiger partial charge < -0.3 is 5.11 Å². The molecule has 0 heterocycles. The number of hydrogen-bond donors (Lipinski definition) is 1. The van der Waals surface area contributed by atoms with Crippen LogP contribution in [0.1, 0.15) is 90.4 Å². The summed E-state index contributed by atoms with van der Waals surface area (Å²) in [6, 6.07) is 0. The van der Waals surface area contributed by atoms with Gasteiger partial charge in [0.25, 0.3) is 0 Å². The molecule has 3 unspecified atom stereocenters. The molecule has 4 rings (SSSR count). The zero-order chi connectivity index (χ0) is 16.1. The molecular weight excluding hydrogens is 284 g/mol. The largest absolute Gasteiger partial charge is 0.393 e. The number of ketones is 1. The number of aliphatic hydroxyl groups is 1. The summed E-state index contributed by atoms with van der Waals surface area (Å²) in [6.07, 6.45) is 15.5. The molecule has 0 aromatic rings. The summed E-state index contributed by atoms with van der Waals surface area (Å²) in [4.78, 5) is 12.4. The number of carbonyl (C=O) groups excluding carboxylic acids is 1. The lowest BCUT2D eigenvalue weighted by Gasteiger charge is -2.56. The molecule has 1 N–H and O–H groups in total. The number of rotatable bonds is 1. The summed E-state index contributed by atoms with van der Waals surface area (Å²) in [5.41, 5.74) is 0.891. The molecule has 130 valence electrons. The van der Waals surface area contributed by atoms with E-state index in [1.807, 2.05) is 0 Å². The van der Waals surface area contributed by atoms with Crippen LogP contribution in [0, 0.1) is 28.6 Å². The fourth-order valence-electron chi connectivity index (χ4n) is 7.50. The van der Waals surface area contributed by atoms with Gasteiger partial charge in [-0.05, 0) is 73.5 Å². The molecule has 4 aliphatic rings. The van der Waals surface area contributed by atoms with E-state index < -0.39 is 0 Å². The topological polar surface area (TPSA) is 37.3 Å². The minimum absolute atomic E-state index is 0.128. The summed E-state index contributed by atoms with van der Waals surface area (Å²) in [6.45, 7) is 2.40. The molecule has 2 heteroatoms. The Morgan fingerprint density at radius 1 is 0.913 bits per heavy atom. The second-order valence-corrected chi connectivity index (χ2v) is 9.49. The first-order chi connectivity index (χ1) is 11.1. The van der Waals surface area contributed by atoms with Crippen molar-refractivity contribution in [2.24, 2.45) is 28.6 Å². The minimum atomic E-state index is -0.128. The molecule has 4 aliphatic carbocycles. The first-order valence-corrected chi connectivity index (χ1v) is 10.3. The van der Waals surface area contributed by atoms with Gasteiger partial charge in [0.2, 0.25) is 0 Å². The van der Waals surface area contributed by atoms with Crippen LogP contribution in [0.25, 0.3) is 0 Å². The fourth-order valence-corrected chi connectivity index (χ4v) is 7.50. The highest BCUT2D eigenvalue weighted by molar-refractivity contribution is 5.79. The van der Waals surface area contributed by atoms with Crippen molar-refractivity contribution in [3.63, 3.8) is 0 Å². The first kappa shape index (κ1) is 16.1. The Hall–Kier alpha value is -0.370. The molecule has 4 saturated carbocycles. The van der Waals surface area contributed by atoms with Gasteiger partial charge in [-0.2, -0.15) is 0 Å². The Balaban J connectivity index is 1.70. The van der Waals surface area contributed by atoms with Gasteiger partial charge >= 0.3 is 0 Å². The monoisotopic (exact) mass is 318 g/mol. The summed E-state index contributed by atoms with van der Waals surface area (Å²) >= 11 is 0. The van der Waals surface area contributed by atoms with Crippen LogP contribution in [0.4, 0.5) is 0 Å². The van der Waals surface area contributed by atoms with Crippen molar-refractivity contribution >= 4 is 5.78 Å². The molecule has 23 heavy (non-hydrogen) atoms. The lowest BCUT2D eigenvalue weighted by Crippen LogP contribution is -2.51. The molecule has 0 bridgehead atoms. The molecule has 0 saturated heterocycles. The van der Waals surface area contributed by atoms with Gasteiger partial charge in [0.15, 0.2) is 0 Å². The van der Waals surface area contributed by atoms with Gasteiger partial charge in [-0.25, -0.2) is 0 Å². The number of Topliss-reactive ketones (excluding diaryl/α,β-unsaturated/α-hetero) is 1. The maximum Gasteiger partial charge on any atom is 0.133 e. The first-order valence-electron chi connectivity index (χ1n) is 10.3. The van der Waals surface area contributed by atoms with E-state index in [4.69, 9.17) is 0 Å². The van der Waals surface area contributed by atoms with Crippen molar-refractivity contribution in [1.82, 2.24) is 0 Å². The molecule has 4 fully saturated rings. The third-order valence-corrected chi connectivity index (χ3v) is 8.63. The van der Waals surface area contributed by atoms with Crippen LogP contribution in [0.15, 0.2) is 0 Å². The molecule has 4 atom stereocenters. The van der Waals surface area contributed by atoms with Crippen molar-refractivity contribution in [3.8, 4) is 0 Å². The van der Waals surface area contributed by atoms with Crippen molar-refractivity contribution in [1.29, 1.82) is 0 Å². The molecule has 0 radical (unpaired) electrons. The second kappa shape index (κ2) is 5.86. The summed E-state index contributed by atoms with van der Waals surface area (Å²) in [7, 11) is 0. The van der Waals surface area contributed by atoms with E-state index in [2.05, 4.69) is 6.92 Å². The quantitative estimate of drug-likeness (QED) is 0.748. The minimum Gasteiger partial charge on any atom is -0.393 e. The van der Waals surface area contributed by atoms with Crippen molar-refractivity contribution in [2.45, 2.75) is 96.5 Å². The smallest absolute Gasteiger partial charge is 0.133 e.